The average molecular weight is 341 g/mol. The van der Waals surface area contributed by atoms with Gasteiger partial charge in [-0.2, -0.15) is 0 Å². The number of carbonyl (C=O) groups excluding carboxylic acids is 1. The SMILES string of the molecule is COc1ccc(CNC(=O)C2(N)CCCCC2)cc1Br. The van der Waals surface area contributed by atoms with Crippen molar-refractivity contribution in [2.24, 2.45) is 5.73 Å². The van der Waals surface area contributed by atoms with Crippen LogP contribution in [0.4, 0.5) is 0 Å². The van der Waals surface area contributed by atoms with Crippen LogP contribution >= 0.6 is 15.9 Å². The third-order valence-electron chi connectivity index (χ3n) is 3.87. The van der Waals surface area contributed by atoms with Crippen molar-refractivity contribution in [1.29, 1.82) is 0 Å². The molecule has 0 heterocycles. The van der Waals surface area contributed by atoms with Crippen molar-refractivity contribution < 1.29 is 9.53 Å². The van der Waals surface area contributed by atoms with Gasteiger partial charge in [-0.05, 0) is 46.5 Å². The van der Waals surface area contributed by atoms with Gasteiger partial charge in [0.1, 0.15) is 5.75 Å². The summed E-state index contributed by atoms with van der Waals surface area (Å²) in [5, 5.41) is 2.95. The Morgan fingerprint density at radius 2 is 2.10 bits per heavy atom. The second-order valence-corrected chi connectivity index (χ2v) is 6.22. The Balaban J connectivity index is 1.94. The van der Waals surface area contributed by atoms with E-state index in [9.17, 15) is 4.79 Å². The van der Waals surface area contributed by atoms with Crippen molar-refractivity contribution in [3.63, 3.8) is 0 Å². The van der Waals surface area contributed by atoms with Crippen LogP contribution in [-0.4, -0.2) is 18.6 Å². The number of halogens is 1. The molecule has 20 heavy (non-hydrogen) atoms. The maximum Gasteiger partial charge on any atom is 0.240 e. The predicted octanol–water partition coefficient (Wildman–Crippen LogP) is 2.74. The number of amides is 1. The lowest BCUT2D eigenvalue weighted by molar-refractivity contribution is -0.127. The van der Waals surface area contributed by atoms with Gasteiger partial charge >= 0.3 is 0 Å². The summed E-state index contributed by atoms with van der Waals surface area (Å²) in [5.74, 6) is 0.742. The lowest BCUT2D eigenvalue weighted by atomic mass is 9.82. The van der Waals surface area contributed by atoms with Crippen LogP contribution < -0.4 is 15.8 Å². The van der Waals surface area contributed by atoms with Gasteiger partial charge in [0.05, 0.1) is 17.1 Å². The van der Waals surface area contributed by atoms with Gasteiger partial charge in [-0.1, -0.05) is 25.3 Å². The van der Waals surface area contributed by atoms with E-state index in [-0.39, 0.29) is 5.91 Å². The van der Waals surface area contributed by atoms with Crippen molar-refractivity contribution in [3.8, 4) is 5.75 Å². The highest BCUT2D eigenvalue weighted by atomic mass is 79.9. The van der Waals surface area contributed by atoms with Crippen LogP contribution in [0.3, 0.4) is 0 Å². The van der Waals surface area contributed by atoms with Crippen LogP contribution in [0.1, 0.15) is 37.7 Å². The van der Waals surface area contributed by atoms with E-state index in [1.165, 1.54) is 6.42 Å². The molecule has 0 saturated heterocycles. The number of rotatable bonds is 4. The highest BCUT2D eigenvalue weighted by Gasteiger charge is 2.34. The summed E-state index contributed by atoms with van der Waals surface area (Å²) in [5.41, 5.74) is 6.54. The summed E-state index contributed by atoms with van der Waals surface area (Å²) in [6, 6.07) is 5.77. The van der Waals surface area contributed by atoms with Gasteiger partial charge in [-0.25, -0.2) is 0 Å². The molecule has 2 rings (SSSR count). The average Bonchev–Trinajstić information content (AvgIpc) is 2.45. The molecule has 1 aromatic rings. The summed E-state index contributed by atoms with van der Waals surface area (Å²) < 4.78 is 6.06. The predicted molar refractivity (Wildman–Crippen MR) is 82.5 cm³/mol. The zero-order chi connectivity index (χ0) is 14.6. The second-order valence-electron chi connectivity index (χ2n) is 5.37. The molecule has 0 bridgehead atoms. The standard InChI is InChI=1S/C15H21BrN2O2/c1-20-13-6-5-11(9-12(13)16)10-18-14(19)15(17)7-3-2-4-8-15/h5-6,9H,2-4,7-8,10,17H2,1H3,(H,18,19). The van der Waals surface area contributed by atoms with E-state index in [0.29, 0.717) is 6.54 Å². The molecule has 4 nitrogen and oxygen atoms in total. The van der Waals surface area contributed by atoms with Crippen molar-refractivity contribution in [1.82, 2.24) is 5.32 Å². The first kappa shape index (κ1) is 15.3. The van der Waals surface area contributed by atoms with E-state index in [1.54, 1.807) is 7.11 Å². The first-order chi connectivity index (χ1) is 9.55. The summed E-state index contributed by atoms with van der Waals surface area (Å²) >= 11 is 3.44. The molecule has 0 aliphatic heterocycles. The van der Waals surface area contributed by atoms with E-state index in [2.05, 4.69) is 21.2 Å². The Morgan fingerprint density at radius 1 is 1.40 bits per heavy atom. The Kier molecular flexibility index (Phi) is 5.05. The second kappa shape index (κ2) is 6.59. The zero-order valence-electron chi connectivity index (χ0n) is 11.7. The van der Waals surface area contributed by atoms with Gasteiger partial charge in [0.15, 0.2) is 0 Å². The first-order valence-corrected chi connectivity index (χ1v) is 7.74. The Morgan fingerprint density at radius 3 is 2.70 bits per heavy atom. The molecular weight excluding hydrogens is 320 g/mol. The molecule has 110 valence electrons. The van der Waals surface area contributed by atoms with E-state index in [4.69, 9.17) is 10.5 Å². The smallest absolute Gasteiger partial charge is 0.240 e. The maximum absolute atomic E-state index is 12.2. The molecule has 1 saturated carbocycles. The molecule has 1 amide bonds. The number of ether oxygens (including phenoxy) is 1. The summed E-state index contributed by atoms with van der Waals surface area (Å²) in [6.45, 7) is 0.486. The molecule has 1 fully saturated rings. The molecular formula is C15H21BrN2O2. The molecule has 0 spiro atoms. The van der Waals surface area contributed by atoms with Gasteiger partial charge < -0.3 is 15.8 Å². The van der Waals surface area contributed by atoms with Crippen LogP contribution in [0.2, 0.25) is 0 Å². The van der Waals surface area contributed by atoms with Crippen molar-refractivity contribution in [2.45, 2.75) is 44.2 Å². The van der Waals surface area contributed by atoms with Crippen LogP contribution in [0, 0.1) is 0 Å². The lowest BCUT2D eigenvalue weighted by Gasteiger charge is -2.31. The molecule has 0 radical (unpaired) electrons. The van der Waals surface area contributed by atoms with E-state index < -0.39 is 5.54 Å². The third kappa shape index (κ3) is 3.52. The molecule has 0 aromatic heterocycles. The van der Waals surface area contributed by atoms with E-state index in [1.807, 2.05) is 18.2 Å². The van der Waals surface area contributed by atoms with Crippen molar-refractivity contribution >= 4 is 21.8 Å². The summed E-state index contributed by atoms with van der Waals surface area (Å²) in [6.07, 6.45) is 4.82. The molecule has 1 aromatic carbocycles. The van der Waals surface area contributed by atoms with Crippen LogP contribution in [0.15, 0.2) is 22.7 Å². The minimum atomic E-state index is -0.679. The maximum atomic E-state index is 12.2. The minimum absolute atomic E-state index is 0.0378. The fourth-order valence-corrected chi connectivity index (χ4v) is 3.18. The molecule has 5 heteroatoms. The lowest BCUT2D eigenvalue weighted by Crippen LogP contribution is -2.54. The van der Waals surface area contributed by atoms with E-state index >= 15 is 0 Å². The molecule has 3 N–H and O–H groups in total. The number of benzene rings is 1. The number of nitrogens with one attached hydrogen (secondary N) is 1. The number of nitrogens with two attached hydrogens (primary N) is 1. The zero-order valence-corrected chi connectivity index (χ0v) is 13.3. The number of carbonyl (C=O) groups is 1. The Labute approximate surface area is 128 Å². The van der Waals surface area contributed by atoms with Crippen LogP contribution in [-0.2, 0) is 11.3 Å². The van der Waals surface area contributed by atoms with Gasteiger partial charge in [0, 0.05) is 6.54 Å². The van der Waals surface area contributed by atoms with E-state index in [0.717, 1.165) is 41.5 Å². The molecule has 0 atom stereocenters. The summed E-state index contributed by atoms with van der Waals surface area (Å²) in [4.78, 5) is 12.2. The highest BCUT2D eigenvalue weighted by molar-refractivity contribution is 9.10. The number of hydrogen-bond donors (Lipinski definition) is 2. The molecule has 1 aliphatic carbocycles. The largest absolute Gasteiger partial charge is 0.496 e. The van der Waals surface area contributed by atoms with Gasteiger partial charge in [-0.3, -0.25) is 4.79 Å². The fourth-order valence-electron chi connectivity index (χ4n) is 2.59. The first-order valence-electron chi connectivity index (χ1n) is 6.95. The summed E-state index contributed by atoms with van der Waals surface area (Å²) in [7, 11) is 1.63. The normalized spacial score (nSPS) is 17.6. The highest BCUT2D eigenvalue weighted by Crippen LogP contribution is 2.27. The van der Waals surface area contributed by atoms with Crippen LogP contribution in [0.5, 0.6) is 5.75 Å². The third-order valence-corrected chi connectivity index (χ3v) is 4.49. The number of methoxy groups -OCH3 is 1. The van der Waals surface area contributed by atoms with Gasteiger partial charge in [0.25, 0.3) is 0 Å². The number of hydrogen-bond acceptors (Lipinski definition) is 3. The van der Waals surface area contributed by atoms with Crippen molar-refractivity contribution in [3.05, 3.63) is 28.2 Å². The topological polar surface area (TPSA) is 64.3 Å². The Hall–Kier alpha value is -1.07. The minimum Gasteiger partial charge on any atom is -0.496 e. The van der Waals surface area contributed by atoms with Gasteiger partial charge in [-0.15, -0.1) is 0 Å². The van der Waals surface area contributed by atoms with Crippen molar-refractivity contribution in [2.75, 3.05) is 7.11 Å². The molecule has 1 aliphatic rings. The monoisotopic (exact) mass is 340 g/mol. The molecule has 0 unspecified atom stereocenters. The fraction of sp³-hybridized carbons (Fsp3) is 0.533. The quantitative estimate of drug-likeness (QED) is 0.885. The Bertz CT molecular complexity index is 485. The van der Waals surface area contributed by atoms with Gasteiger partial charge in [0.2, 0.25) is 5.91 Å². The van der Waals surface area contributed by atoms with Crippen LogP contribution in [0.25, 0.3) is 0 Å².